The lowest BCUT2D eigenvalue weighted by Crippen LogP contribution is -2.06. The van der Waals surface area contributed by atoms with E-state index in [-0.39, 0.29) is 34.6 Å². The summed E-state index contributed by atoms with van der Waals surface area (Å²) >= 11 is 5.98. The Balaban J connectivity index is 1.73. The summed E-state index contributed by atoms with van der Waals surface area (Å²) in [6, 6.07) is 3.08. The largest absolute Gasteiger partial charge is 0.364 e. The van der Waals surface area contributed by atoms with E-state index in [9.17, 15) is 17.6 Å². The van der Waals surface area contributed by atoms with E-state index in [0.717, 1.165) is 24.4 Å². The Morgan fingerprint density at radius 1 is 1.19 bits per heavy atom. The molecule has 1 aromatic carbocycles. The van der Waals surface area contributed by atoms with Gasteiger partial charge in [-0.1, -0.05) is 11.6 Å². The zero-order valence-corrected chi connectivity index (χ0v) is 13.7. The van der Waals surface area contributed by atoms with E-state index in [1.54, 1.807) is 0 Å². The van der Waals surface area contributed by atoms with Gasteiger partial charge in [-0.2, -0.15) is 18.9 Å². The smallest absolute Gasteiger partial charge is 0.333 e. The molecule has 0 fully saturated rings. The van der Waals surface area contributed by atoms with Crippen LogP contribution in [0.5, 0.6) is 0 Å². The molecule has 0 unspecified atom stereocenters. The predicted molar refractivity (Wildman–Crippen MR) is 87.5 cm³/mol. The second-order valence-corrected chi connectivity index (χ2v) is 5.50. The Morgan fingerprint density at radius 3 is 2.73 bits per heavy atom. The number of anilines is 3. The number of benzene rings is 1. The van der Waals surface area contributed by atoms with Gasteiger partial charge >= 0.3 is 6.55 Å². The van der Waals surface area contributed by atoms with Gasteiger partial charge in [-0.05, 0) is 18.2 Å². The minimum atomic E-state index is -2.77. The third-order valence-corrected chi connectivity index (χ3v) is 3.53. The summed E-state index contributed by atoms with van der Waals surface area (Å²) in [5.41, 5.74) is 0.335. The van der Waals surface area contributed by atoms with Crippen molar-refractivity contribution in [1.82, 2.24) is 19.7 Å². The van der Waals surface area contributed by atoms with Crippen molar-refractivity contribution in [2.24, 2.45) is 0 Å². The molecular formula is C15H11ClF4N6. The van der Waals surface area contributed by atoms with Gasteiger partial charge in [0.15, 0.2) is 5.82 Å². The maximum absolute atomic E-state index is 13.7. The van der Waals surface area contributed by atoms with Crippen molar-refractivity contribution in [2.75, 3.05) is 10.6 Å². The highest BCUT2D eigenvalue weighted by molar-refractivity contribution is 6.32. The lowest BCUT2D eigenvalue weighted by atomic mass is 10.2. The summed E-state index contributed by atoms with van der Waals surface area (Å²) in [6.45, 7) is -2.83. The number of alkyl halides is 2. The molecule has 0 bridgehead atoms. The van der Waals surface area contributed by atoms with Crippen molar-refractivity contribution in [2.45, 2.75) is 13.1 Å². The summed E-state index contributed by atoms with van der Waals surface area (Å²) in [4.78, 5) is 8.01. The first kappa shape index (κ1) is 17.9. The quantitative estimate of drug-likeness (QED) is 0.616. The van der Waals surface area contributed by atoms with Gasteiger partial charge in [0.05, 0.1) is 24.3 Å². The van der Waals surface area contributed by atoms with Gasteiger partial charge in [0.1, 0.15) is 16.7 Å². The molecule has 136 valence electrons. The third kappa shape index (κ3) is 4.20. The number of aromatic nitrogens is 4. The van der Waals surface area contributed by atoms with Crippen molar-refractivity contribution in [1.29, 1.82) is 0 Å². The summed E-state index contributed by atoms with van der Waals surface area (Å²) in [5, 5.41) is 9.09. The molecule has 0 saturated heterocycles. The van der Waals surface area contributed by atoms with Crippen LogP contribution in [0.3, 0.4) is 0 Å². The molecule has 2 heterocycles. The van der Waals surface area contributed by atoms with Crippen LogP contribution in [0.2, 0.25) is 5.02 Å². The van der Waals surface area contributed by atoms with E-state index in [4.69, 9.17) is 11.6 Å². The Bertz CT molecular complexity index is 917. The molecule has 26 heavy (non-hydrogen) atoms. The number of halogens is 5. The first-order valence-corrected chi connectivity index (χ1v) is 7.60. The van der Waals surface area contributed by atoms with Crippen LogP contribution >= 0.6 is 11.6 Å². The summed E-state index contributed by atoms with van der Waals surface area (Å²) in [7, 11) is 0. The fraction of sp³-hybridized carbons (Fsp3) is 0.133. The van der Waals surface area contributed by atoms with Gasteiger partial charge in [0, 0.05) is 12.1 Å². The highest BCUT2D eigenvalue weighted by Crippen LogP contribution is 2.23. The summed E-state index contributed by atoms with van der Waals surface area (Å²) in [5.74, 6) is -0.934. The molecule has 0 aliphatic rings. The lowest BCUT2D eigenvalue weighted by molar-refractivity contribution is 0.0566. The maximum atomic E-state index is 13.7. The lowest BCUT2D eigenvalue weighted by Gasteiger charge is -2.10. The van der Waals surface area contributed by atoms with Crippen LogP contribution in [0.4, 0.5) is 35.0 Å². The second kappa shape index (κ2) is 7.56. The maximum Gasteiger partial charge on any atom is 0.333 e. The summed E-state index contributed by atoms with van der Waals surface area (Å²) < 4.78 is 52.3. The Morgan fingerprint density at radius 2 is 2.00 bits per heavy atom. The van der Waals surface area contributed by atoms with E-state index in [1.165, 1.54) is 12.4 Å². The van der Waals surface area contributed by atoms with Crippen LogP contribution in [0.25, 0.3) is 0 Å². The van der Waals surface area contributed by atoms with Crippen LogP contribution in [-0.2, 0) is 6.54 Å². The average molecular weight is 387 g/mol. The Hall–Kier alpha value is -2.88. The molecule has 0 atom stereocenters. The average Bonchev–Trinajstić information content (AvgIpc) is 3.07. The van der Waals surface area contributed by atoms with Crippen molar-refractivity contribution < 1.29 is 17.6 Å². The van der Waals surface area contributed by atoms with Crippen molar-refractivity contribution in [3.63, 3.8) is 0 Å². The van der Waals surface area contributed by atoms with Gasteiger partial charge in [-0.15, -0.1) is 0 Å². The minimum Gasteiger partial charge on any atom is -0.364 e. The van der Waals surface area contributed by atoms with Crippen LogP contribution in [0.15, 0.2) is 36.8 Å². The van der Waals surface area contributed by atoms with E-state index < -0.39 is 18.2 Å². The van der Waals surface area contributed by atoms with Gasteiger partial charge in [0.2, 0.25) is 5.95 Å². The molecule has 3 rings (SSSR count). The standard InChI is InChI=1S/C15H11ClF4N6/c16-11-6-22-15(24-10-5-23-26(7-10)14(19)20)25-13(11)21-4-8-3-9(17)1-2-12(8)18/h1-3,5-7,14H,4H2,(H2,21,22,24,25). The highest BCUT2D eigenvalue weighted by Gasteiger charge is 2.11. The first-order chi connectivity index (χ1) is 12.4. The zero-order chi connectivity index (χ0) is 18.7. The number of hydrogen-bond acceptors (Lipinski definition) is 5. The molecule has 3 aromatic rings. The first-order valence-electron chi connectivity index (χ1n) is 7.22. The van der Waals surface area contributed by atoms with Gasteiger partial charge < -0.3 is 10.6 Å². The monoisotopic (exact) mass is 386 g/mol. The van der Waals surface area contributed by atoms with Gasteiger partial charge in [-0.25, -0.2) is 18.4 Å². The molecule has 0 spiro atoms. The predicted octanol–water partition coefficient (Wildman–Crippen LogP) is 4.36. The zero-order valence-electron chi connectivity index (χ0n) is 12.9. The molecule has 11 heteroatoms. The fourth-order valence-electron chi connectivity index (χ4n) is 2.05. The molecule has 0 saturated carbocycles. The van der Waals surface area contributed by atoms with E-state index >= 15 is 0 Å². The van der Waals surface area contributed by atoms with E-state index in [1.807, 2.05) is 0 Å². The molecule has 0 aliphatic heterocycles. The Kier molecular flexibility index (Phi) is 5.21. The van der Waals surface area contributed by atoms with Crippen LogP contribution in [-0.4, -0.2) is 19.7 Å². The number of hydrogen-bond donors (Lipinski definition) is 2. The minimum absolute atomic E-state index is 0.0606. The molecule has 6 nitrogen and oxygen atoms in total. The normalized spacial score (nSPS) is 11.0. The fourth-order valence-corrected chi connectivity index (χ4v) is 2.21. The van der Waals surface area contributed by atoms with Gasteiger partial charge in [-0.3, -0.25) is 0 Å². The molecule has 2 N–H and O–H groups in total. The van der Waals surface area contributed by atoms with Crippen LogP contribution in [0.1, 0.15) is 12.1 Å². The van der Waals surface area contributed by atoms with E-state index in [0.29, 0.717) is 4.68 Å². The molecule has 0 radical (unpaired) electrons. The summed E-state index contributed by atoms with van der Waals surface area (Å²) in [6.07, 6.45) is 3.54. The van der Waals surface area contributed by atoms with Crippen molar-refractivity contribution in [3.8, 4) is 0 Å². The number of rotatable bonds is 6. The number of nitrogens with one attached hydrogen (secondary N) is 2. The van der Waals surface area contributed by atoms with Crippen molar-refractivity contribution >= 4 is 29.1 Å². The number of nitrogens with zero attached hydrogens (tertiary/aromatic N) is 4. The SMILES string of the molecule is Fc1ccc(F)c(CNc2nc(Nc3cnn(C(F)F)c3)ncc2Cl)c1. The van der Waals surface area contributed by atoms with E-state index in [2.05, 4.69) is 25.7 Å². The Labute approximate surface area is 149 Å². The molecular weight excluding hydrogens is 376 g/mol. The second-order valence-electron chi connectivity index (χ2n) is 5.09. The van der Waals surface area contributed by atoms with Crippen molar-refractivity contribution in [3.05, 3.63) is 59.0 Å². The topological polar surface area (TPSA) is 67.7 Å². The molecule has 0 amide bonds. The van der Waals surface area contributed by atoms with Crippen LogP contribution in [0, 0.1) is 11.6 Å². The van der Waals surface area contributed by atoms with Crippen LogP contribution < -0.4 is 10.6 Å². The molecule has 2 aromatic heterocycles. The highest BCUT2D eigenvalue weighted by atomic mass is 35.5. The third-order valence-electron chi connectivity index (χ3n) is 3.26. The molecule has 0 aliphatic carbocycles. The van der Waals surface area contributed by atoms with Gasteiger partial charge in [0.25, 0.3) is 0 Å².